The topological polar surface area (TPSA) is 58.1 Å². The van der Waals surface area contributed by atoms with Crippen molar-refractivity contribution in [3.05, 3.63) is 47.3 Å². The monoisotopic (exact) mass is 338 g/mol. The molecule has 2 heterocycles. The van der Waals surface area contributed by atoms with E-state index in [2.05, 4.69) is 33.2 Å². The molecule has 2 aromatic rings. The highest BCUT2D eigenvalue weighted by atomic mass is 16.1. The highest BCUT2D eigenvalue weighted by Crippen LogP contribution is 2.24. The van der Waals surface area contributed by atoms with E-state index in [1.807, 2.05) is 26.0 Å². The first-order valence-corrected chi connectivity index (χ1v) is 9.06. The first kappa shape index (κ1) is 17.4. The number of rotatable bonds is 4. The quantitative estimate of drug-likeness (QED) is 0.911. The molecule has 1 unspecified atom stereocenters. The van der Waals surface area contributed by atoms with E-state index in [0.29, 0.717) is 17.7 Å². The van der Waals surface area contributed by atoms with Crippen molar-refractivity contribution in [2.24, 2.45) is 0 Å². The summed E-state index contributed by atoms with van der Waals surface area (Å²) in [4.78, 5) is 23.8. The third kappa shape index (κ3) is 4.16. The Hall–Kier alpha value is -2.43. The standard InChI is InChI=1S/C20H26N4O/c1-4-17-7-5-6-10-24(17)20-21-9-8-18(23-20)19(25)22-16-12-14(2)11-15(3)13-16/h8-9,11-13,17H,4-7,10H2,1-3H3,(H,22,25). The molecule has 1 aliphatic heterocycles. The van der Waals surface area contributed by atoms with Gasteiger partial charge in [0.05, 0.1) is 0 Å². The second kappa shape index (κ2) is 7.64. The fourth-order valence-corrected chi connectivity index (χ4v) is 3.54. The van der Waals surface area contributed by atoms with Crippen LogP contribution in [0.1, 0.15) is 54.2 Å². The van der Waals surface area contributed by atoms with Crippen molar-refractivity contribution in [3.63, 3.8) is 0 Å². The van der Waals surface area contributed by atoms with Crippen LogP contribution in [-0.2, 0) is 0 Å². The van der Waals surface area contributed by atoms with Crippen molar-refractivity contribution in [1.82, 2.24) is 9.97 Å². The summed E-state index contributed by atoms with van der Waals surface area (Å²) < 4.78 is 0. The van der Waals surface area contributed by atoms with Gasteiger partial charge < -0.3 is 10.2 Å². The average molecular weight is 338 g/mol. The number of aromatic nitrogens is 2. The third-order valence-corrected chi connectivity index (χ3v) is 4.71. The predicted molar refractivity (Wildman–Crippen MR) is 101 cm³/mol. The van der Waals surface area contributed by atoms with Crippen molar-refractivity contribution < 1.29 is 4.79 Å². The number of carbonyl (C=O) groups excluding carboxylic acids is 1. The van der Waals surface area contributed by atoms with Crippen LogP contribution in [0, 0.1) is 13.8 Å². The predicted octanol–water partition coefficient (Wildman–Crippen LogP) is 4.11. The van der Waals surface area contributed by atoms with Crippen molar-refractivity contribution in [3.8, 4) is 0 Å². The Balaban J connectivity index is 1.79. The molecule has 1 fully saturated rings. The molecule has 132 valence electrons. The molecule has 1 amide bonds. The molecule has 3 rings (SSSR count). The lowest BCUT2D eigenvalue weighted by Crippen LogP contribution is -2.40. The summed E-state index contributed by atoms with van der Waals surface area (Å²) in [6.07, 6.45) is 6.32. The Labute approximate surface area is 149 Å². The Morgan fingerprint density at radius 2 is 2.00 bits per heavy atom. The van der Waals surface area contributed by atoms with Crippen LogP contribution in [0.5, 0.6) is 0 Å². The van der Waals surface area contributed by atoms with Gasteiger partial charge in [-0.25, -0.2) is 9.97 Å². The Kier molecular flexibility index (Phi) is 5.31. The van der Waals surface area contributed by atoms with E-state index in [4.69, 9.17) is 0 Å². The lowest BCUT2D eigenvalue weighted by molar-refractivity contribution is 0.102. The van der Waals surface area contributed by atoms with Crippen molar-refractivity contribution in [1.29, 1.82) is 0 Å². The highest BCUT2D eigenvalue weighted by molar-refractivity contribution is 6.03. The fourth-order valence-electron chi connectivity index (χ4n) is 3.54. The van der Waals surface area contributed by atoms with E-state index in [0.717, 1.165) is 36.2 Å². The molecule has 1 N–H and O–H groups in total. The molecule has 25 heavy (non-hydrogen) atoms. The van der Waals surface area contributed by atoms with Crippen LogP contribution >= 0.6 is 0 Å². The number of anilines is 2. The van der Waals surface area contributed by atoms with Gasteiger partial charge in [-0.2, -0.15) is 0 Å². The van der Waals surface area contributed by atoms with E-state index < -0.39 is 0 Å². The molecule has 0 aliphatic carbocycles. The maximum Gasteiger partial charge on any atom is 0.274 e. The van der Waals surface area contributed by atoms with Crippen LogP contribution in [0.4, 0.5) is 11.6 Å². The summed E-state index contributed by atoms with van der Waals surface area (Å²) in [5.41, 5.74) is 3.45. The summed E-state index contributed by atoms with van der Waals surface area (Å²) >= 11 is 0. The number of benzene rings is 1. The van der Waals surface area contributed by atoms with Crippen LogP contribution in [-0.4, -0.2) is 28.5 Å². The largest absolute Gasteiger partial charge is 0.338 e. The Morgan fingerprint density at radius 3 is 2.72 bits per heavy atom. The second-order valence-electron chi connectivity index (χ2n) is 6.82. The van der Waals surface area contributed by atoms with Gasteiger partial charge in [0.15, 0.2) is 0 Å². The van der Waals surface area contributed by atoms with Gasteiger partial charge in [-0.3, -0.25) is 4.79 Å². The van der Waals surface area contributed by atoms with Crippen LogP contribution in [0.25, 0.3) is 0 Å². The SMILES string of the molecule is CCC1CCCCN1c1nccc(C(=O)Nc2cc(C)cc(C)c2)n1. The lowest BCUT2D eigenvalue weighted by Gasteiger charge is -2.35. The van der Waals surface area contributed by atoms with Gasteiger partial charge >= 0.3 is 0 Å². The molecular weight excluding hydrogens is 312 g/mol. The van der Waals surface area contributed by atoms with Crippen molar-refractivity contribution in [2.75, 3.05) is 16.8 Å². The van der Waals surface area contributed by atoms with E-state index in [1.54, 1.807) is 12.3 Å². The summed E-state index contributed by atoms with van der Waals surface area (Å²) in [6, 6.07) is 8.15. The first-order valence-electron chi connectivity index (χ1n) is 9.06. The number of hydrogen-bond donors (Lipinski definition) is 1. The van der Waals surface area contributed by atoms with Crippen molar-refractivity contribution in [2.45, 2.75) is 52.5 Å². The molecule has 0 saturated carbocycles. The summed E-state index contributed by atoms with van der Waals surface area (Å²) in [6.45, 7) is 7.19. The van der Waals surface area contributed by atoms with Gasteiger partial charge in [0, 0.05) is 24.5 Å². The van der Waals surface area contributed by atoms with Gasteiger partial charge in [-0.15, -0.1) is 0 Å². The van der Waals surface area contributed by atoms with Crippen LogP contribution < -0.4 is 10.2 Å². The molecule has 1 saturated heterocycles. The molecule has 0 radical (unpaired) electrons. The summed E-state index contributed by atoms with van der Waals surface area (Å²) in [5, 5.41) is 2.95. The molecule has 5 heteroatoms. The number of carbonyl (C=O) groups is 1. The number of piperidine rings is 1. The lowest BCUT2D eigenvalue weighted by atomic mass is 10.0. The van der Waals surface area contributed by atoms with E-state index >= 15 is 0 Å². The normalized spacial score (nSPS) is 17.4. The summed E-state index contributed by atoms with van der Waals surface area (Å²) in [5.74, 6) is 0.471. The molecule has 1 aromatic carbocycles. The molecule has 5 nitrogen and oxygen atoms in total. The minimum Gasteiger partial charge on any atom is -0.338 e. The maximum atomic E-state index is 12.6. The van der Waals surface area contributed by atoms with Crippen LogP contribution in [0.2, 0.25) is 0 Å². The number of hydrogen-bond acceptors (Lipinski definition) is 4. The number of amides is 1. The van der Waals surface area contributed by atoms with E-state index in [9.17, 15) is 4.79 Å². The average Bonchev–Trinajstić information content (AvgIpc) is 2.61. The van der Waals surface area contributed by atoms with E-state index in [-0.39, 0.29) is 5.91 Å². The second-order valence-corrected chi connectivity index (χ2v) is 6.82. The number of aryl methyl sites for hydroxylation is 2. The number of nitrogens with one attached hydrogen (secondary N) is 1. The fraction of sp³-hybridized carbons (Fsp3) is 0.450. The summed E-state index contributed by atoms with van der Waals surface area (Å²) in [7, 11) is 0. The van der Waals surface area contributed by atoms with Gasteiger partial charge in [0.1, 0.15) is 5.69 Å². The van der Waals surface area contributed by atoms with Crippen LogP contribution in [0.15, 0.2) is 30.5 Å². The third-order valence-electron chi connectivity index (χ3n) is 4.71. The minimum atomic E-state index is -0.196. The molecule has 1 aliphatic rings. The first-order chi connectivity index (χ1) is 12.1. The smallest absolute Gasteiger partial charge is 0.274 e. The highest BCUT2D eigenvalue weighted by Gasteiger charge is 2.23. The Bertz CT molecular complexity index is 739. The maximum absolute atomic E-state index is 12.6. The van der Waals surface area contributed by atoms with Crippen LogP contribution in [0.3, 0.4) is 0 Å². The van der Waals surface area contributed by atoms with E-state index in [1.165, 1.54) is 12.8 Å². The molecular formula is C20H26N4O. The zero-order valence-corrected chi connectivity index (χ0v) is 15.2. The molecule has 1 atom stereocenters. The molecule has 0 bridgehead atoms. The zero-order chi connectivity index (χ0) is 17.8. The minimum absolute atomic E-state index is 0.196. The van der Waals surface area contributed by atoms with Gasteiger partial charge in [0.2, 0.25) is 5.95 Å². The van der Waals surface area contributed by atoms with Gasteiger partial charge in [-0.05, 0) is 68.9 Å². The van der Waals surface area contributed by atoms with Gasteiger partial charge in [0.25, 0.3) is 5.91 Å². The Morgan fingerprint density at radius 1 is 1.24 bits per heavy atom. The molecule has 1 aromatic heterocycles. The molecule has 0 spiro atoms. The number of nitrogens with zero attached hydrogens (tertiary/aromatic N) is 3. The van der Waals surface area contributed by atoms with Gasteiger partial charge in [-0.1, -0.05) is 13.0 Å². The zero-order valence-electron chi connectivity index (χ0n) is 15.2. The van der Waals surface area contributed by atoms with Crippen molar-refractivity contribution >= 4 is 17.5 Å².